The summed E-state index contributed by atoms with van der Waals surface area (Å²) in [5.41, 5.74) is 0.984. The lowest BCUT2D eigenvalue weighted by molar-refractivity contribution is 0.130. The Hall–Kier alpha value is -3.20. The Morgan fingerprint density at radius 2 is 1.11 bits per heavy atom. The van der Waals surface area contributed by atoms with Gasteiger partial charge < -0.3 is 4.74 Å². The van der Waals surface area contributed by atoms with E-state index in [0.717, 1.165) is 29.3 Å². The van der Waals surface area contributed by atoms with Crippen LogP contribution in [0.15, 0.2) is 111 Å². The first-order chi connectivity index (χ1) is 17.8. The average Bonchev–Trinajstić information content (AvgIpc) is 2.82. The van der Waals surface area contributed by atoms with E-state index in [2.05, 4.69) is 0 Å². The minimum atomic E-state index is -4.94. The molecule has 0 saturated carbocycles. The minimum Gasteiger partial charge on any atom is -0.488 e. The molecular formula is C30H30F2O4S2. The molecule has 4 nitrogen and oxygen atoms in total. The highest BCUT2D eigenvalue weighted by Gasteiger charge is 2.42. The molecular weight excluding hydrogens is 526 g/mol. The van der Waals surface area contributed by atoms with E-state index in [0.29, 0.717) is 20.4 Å². The van der Waals surface area contributed by atoms with E-state index in [4.69, 9.17) is 8.37 Å². The molecule has 4 aromatic rings. The maximum absolute atomic E-state index is 14.8. The Labute approximate surface area is 224 Å². The largest absolute Gasteiger partial charge is 0.488 e. The fourth-order valence-corrected chi connectivity index (χ4v) is 10.1. The van der Waals surface area contributed by atoms with Crippen molar-refractivity contribution in [2.45, 2.75) is 59.8 Å². The second kappa shape index (κ2) is 10.5. The molecule has 0 saturated heterocycles. The molecule has 0 fully saturated rings. The number of ether oxygens (including phenoxy) is 1. The van der Waals surface area contributed by atoms with E-state index >= 15 is 0 Å². The van der Waals surface area contributed by atoms with Crippen LogP contribution < -0.4 is 4.74 Å². The van der Waals surface area contributed by atoms with Crippen LogP contribution >= 0.6 is 10.3 Å². The maximum atomic E-state index is 14.8. The second-order valence-corrected chi connectivity index (χ2v) is 14.2. The zero-order chi connectivity index (χ0) is 27.7. The quantitative estimate of drug-likeness (QED) is 0.230. The van der Waals surface area contributed by atoms with Crippen LogP contribution in [0.4, 0.5) is 8.78 Å². The summed E-state index contributed by atoms with van der Waals surface area (Å²) in [4.78, 5) is 0.604. The number of hydrogen-bond acceptors (Lipinski definition) is 4. The summed E-state index contributed by atoms with van der Waals surface area (Å²) in [5, 5.41) is 0. The van der Waals surface area contributed by atoms with E-state index < -0.39 is 42.6 Å². The Morgan fingerprint density at radius 3 is 1.53 bits per heavy atom. The number of halogens is 2. The van der Waals surface area contributed by atoms with Gasteiger partial charge in [-0.1, -0.05) is 42.5 Å². The van der Waals surface area contributed by atoms with Gasteiger partial charge in [0.15, 0.2) is 4.90 Å². The van der Waals surface area contributed by atoms with Gasteiger partial charge in [-0.15, -0.1) is 0 Å². The van der Waals surface area contributed by atoms with E-state index in [-0.39, 0.29) is 0 Å². The van der Waals surface area contributed by atoms with Crippen molar-refractivity contribution in [2.24, 2.45) is 0 Å². The Balaban J connectivity index is 2.08. The molecule has 0 bridgehead atoms. The summed E-state index contributed by atoms with van der Waals surface area (Å²) < 4.78 is 69.4. The zero-order valence-electron chi connectivity index (χ0n) is 21.9. The lowest BCUT2D eigenvalue weighted by Gasteiger charge is -2.41. The van der Waals surface area contributed by atoms with Crippen LogP contribution in [0, 0.1) is 25.5 Å². The Morgan fingerprint density at radius 1 is 0.658 bits per heavy atom. The molecule has 0 amide bonds. The predicted molar refractivity (Wildman–Crippen MR) is 146 cm³/mol. The maximum Gasteiger partial charge on any atom is 0.313 e. The third-order valence-corrected chi connectivity index (χ3v) is 11.2. The molecule has 0 heterocycles. The molecule has 0 N–H and O–H groups in total. The number of hydrogen-bond donors (Lipinski definition) is 0. The lowest BCUT2D eigenvalue weighted by atomic mass is 10.1. The van der Waals surface area contributed by atoms with Crippen LogP contribution in [-0.4, -0.2) is 14.0 Å². The molecule has 0 aliphatic rings. The van der Waals surface area contributed by atoms with Gasteiger partial charge in [0.2, 0.25) is 0 Å². The van der Waals surface area contributed by atoms with Crippen LogP contribution in [0.3, 0.4) is 0 Å². The normalized spacial score (nSPS) is 12.8. The molecule has 0 aliphatic heterocycles. The van der Waals surface area contributed by atoms with E-state index in [1.807, 2.05) is 58.9 Å². The smallest absolute Gasteiger partial charge is 0.313 e. The minimum absolute atomic E-state index is 0.453. The highest BCUT2D eigenvalue weighted by Crippen LogP contribution is 2.72. The Bertz CT molecular complexity index is 1470. The third-order valence-electron chi connectivity index (χ3n) is 5.66. The summed E-state index contributed by atoms with van der Waals surface area (Å²) in [5.74, 6) is -1.82. The van der Waals surface area contributed by atoms with Crippen molar-refractivity contribution >= 4 is 20.4 Å². The topological polar surface area (TPSA) is 52.6 Å². The van der Waals surface area contributed by atoms with Crippen molar-refractivity contribution in [3.05, 3.63) is 114 Å². The molecule has 4 aromatic carbocycles. The molecule has 0 aliphatic carbocycles. The second-order valence-electron chi connectivity index (χ2n) is 9.86. The van der Waals surface area contributed by atoms with Crippen molar-refractivity contribution in [3.63, 3.8) is 0 Å². The molecule has 0 aromatic heterocycles. The van der Waals surface area contributed by atoms with Gasteiger partial charge in [0.05, 0.1) is 0 Å². The van der Waals surface area contributed by atoms with Gasteiger partial charge in [-0.05, 0) is 105 Å². The number of benzene rings is 4. The van der Waals surface area contributed by atoms with E-state index in [9.17, 15) is 17.2 Å². The fourth-order valence-electron chi connectivity index (χ4n) is 4.37. The fraction of sp³-hybridized carbons (Fsp3) is 0.200. The first-order valence-electron chi connectivity index (χ1n) is 12.0. The predicted octanol–water partition coefficient (Wildman–Crippen LogP) is 8.36. The summed E-state index contributed by atoms with van der Waals surface area (Å²) >= 11 is 0. The van der Waals surface area contributed by atoms with Crippen molar-refractivity contribution in [1.29, 1.82) is 0 Å². The molecule has 200 valence electrons. The van der Waals surface area contributed by atoms with Crippen LogP contribution in [0.1, 0.15) is 31.9 Å². The molecule has 8 heteroatoms. The summed E-state index contributed by atoms with van der Waals surface area (Å²) in [6, 6.07) is 24.4. The van der Waals surface area contributed by atoms with Gasteiger partial charge in [-0.25, -0.2) is 12.4 Å². The molecule has 0 radical (unpaired) electrons. The molecule has 4 rings (SSSR count). The van der Waals surface area contributed by atoms with E-state index in [1.165, 1.54) is 0 Å². The molecule has 0 atom stereocenters. The summed E-state index contributed by atoms with van der Waals surface area (Å²) in [6.45, 7) is 9.52. The first-order valence-corrected chi connectivity index (χ1v) is 15.0. The van der Waals surface area contributed by atoms with Crippen molar-refractivity contribution in [1.82, 2.24) is 0 Å². The third kappa shape index (κ3) is 5.48. The monoisotopic (exact) mass is 556 g/mol. The Kier molecular flexibility index (Phi) is 7.70. The van der Waals surface area contributed by atoms with Gasteiger partial charge in [0.25, 0.3) is 0 Å². The van der Waals surface area contributed by atoms with Crippen LogP contribution in [0.25, 0.3) is 0 Å². The standard InChI is InChI=1S/C30H30F2O4S2/c1-21-19-23(35-30(3,4)5)20-22(2)28(21)37(24-13-8-6-9-14-24,25-15-10-7-11-16-25)36-38(33,34)29-26(31)17-12-18-27(29)32/h6-20H,1-5H3. The van der Waals surface area contributed by atoms with Gasteiger partial charge in [0.1, 0.15) is 23.0 Å². The van der Waals surface area contributed by atoms with Crippen LogP contribution in [-0.2, 0) is 13.7 Å². The van der Waals surface area contributed by atoms with E-state index in [1.54, 1.807) is 48.5 Å². The SMILES string of the molecule is Cc1cc(OC(C)(C)C)cc(C)c1S(OS(=O)(=O)c1c(F)cccc1F)(c1ccccc1)c1ccccc1. The number of rotatable bonds is 7. The summed E-state index contributed by atoms with van der Waals surface area (Å²) in [7, 11) is -8.01. The highest BCUT2D eigenvalue weighted by atomic mass is 32.3. The van der Waals surface area contributed by atoms with Gasteiger partial charge in [-0.2, -0.15) is 8.42 Å². The molecule has 38 heavy (non-hydrogen) atoms. The molecule has 0 unspecified atom stereocenters. The van der Waals surface area contributed by atoms with Crippen LogP contribution in [0.5, 0.6) is 5.75 Å². The van der Waals surface area contributed by atoms with Gasteiger partial charge in [-0.3, -0.25) is 0 Å². The van der Waals surface area contributed by atoms with Gasteiger partial charge in [0, 0.05) is 14.7 Å². The summed E-state index contributed by atoms with van der Waals surface area (Å²) in [6.07, 6.45) is 0. The van der Waals surface area contributed by atoms with Crippen molar-refractivity contribution < 1.29 is 25.6 Å². The average molecular weight is 557 g/mol. The highest BCUT2D eigenvalue weighted by molar-refractivity contribution is 8.33. The first kappa shape index (κ1) is 27.8. The van der Waals surface area contributed by atoms with Crippen LogP contribution in [0.2, 0.25) is 0 Å². The van der Waals surface area contributed by atoms with Gasteiger partial charge >= 0.3 is 10.1 Å². The van der Waals surface area contributed by atoms with Crippen molar-refractivity contribution in [2.75, 3.05) is 0 Å². The van der Waals surface area contributed by atoms with Crippen molar-refractivity contribution in [3.8, 4) is 5.75 Å². The lowest BCUT2D eigenvalue weighted by Crippen LogP contribution is -2.23. The zero-order valence-corrected chi connectivity index (χ0v) is 23.5. The number of aryl methyl sites for hydroxylation is 2. The molecule has 0 spiro atoms.